The Labute approximate surface area is 61.7 Å². The normalized spacial score (nSPS) is 13.2. The van der Waals surface area contributed by atoms with Crippen molar-refractivity contribution in [2.24, 2.45) is 5.73 Å². The zero-order valence-electron chi connectivity index (χ0n) is 6.18. The summed E-state index contributed by atoms with van der Waals surface area (Å²) in [4.78, 5) is 0. The molecule has 0 saturated heterocycles. The topological polar surface area (TPSA) is 26.0 Å². The molecule has 0 aliphatic heterocycles. The molecule has 0 aliphatic carbocycles. The first-order valence-corrected chi connectivity index (χ1v) is 4.45. The van der Waals surface area contributed by atoms with Gasteiger partial charge in [-0.05, 0) is 19.6 Å². The summed E-state index contributed by atoms with van der Waals surface area (Å²) in [5.74, 6) is 1.03. The fraction of sp³-hybridized carbons (Fsp3) is 0.714. The molecule has 0 radical (unpaired) electrons. The van der Waals surface area contributed by atoms with Crippen LogP contribution in [0.25, 0.3) is 0 Å². The van der Waals surface area contributed by atoms with Crippen molar-refractivity contribution in [1.82, 2.24) is 0 Å². The van der Waals surface area contributed by atoms with E-state index >= 15 is 0 Å². The summed E-state index contributed by atoms with van der Waals surface area (Å²) in [5.41, 5.74) is 6.88. The zero-order chi connectivity index (χ0) is 7.28. The first-order valence-electron chi connectivity index (χ1n) is 3.05. The van der Waals surface area contributed by atoms with Gasteiger partial charge in [0, 0.05) is 11.8 Å². The van der Waals surface area contributed by atoms with Crippen LogP contribution < -0.4 is 5.73 Å². The number of rotatable bonds is 4. The third kappa shape index (κ3) is 5.93. The lowest BCUT2D eigenvalue weighted by molar-refractivity contribution is 0.744. The monoisotopic (exact) mass is 145 g/mol. The smallest absolute Gasteiger partial charge is 0.0167 e. The second-order valence-corrected chi connectivity index (χ2v) is 3.29. The summed E-state index contributed by atoms with van der Waals surface area (Å²) >= 11 is 1.79. The molecule has 1 atom stereocenters. The van der Waals surface area contributed by atoms with Gasteiger partial charge in [0.1, 0.15) is 0 Å². The third-order valence-electron chi connectivity index (χ3n) is 0.991. The highest BCUT2D eigenvalue weighted by Gasteiger charge is 1.99. The summed E-state index contributed by atoms with van der Waals surface area (Å²) in [6, 6.07) is 0.303. The average molecular weight is 145 g/mol. The van der Waals surface area contributed by atoms with Gasteiger partial charge >= 0.3 is 0 Å². The molecule has 0 aromatic carbocycles. The van der Waals surface area contributed by atoms with E-state index in [9.17, 15) is 0 Å². The van der Waals surface area contributed by atoms with Crippen molar-refractivity contribution >= 4 is 11.8 Å². The van der Waals surface area contributed by atoms with E-state index in [0.29, 0.717) is 6.04 Å². The number of thioether (sulfide) groups is 1. The largest absolute Gasteiger partial charge is 0.327 e. The molecular formula is C7H15NS. The van der Waals surface area contributed by atoms with E-state index < -0.39 is 0 Å². The summed E-state index contributed by atoms with van der Waals surface area (Å²) in [5, 5.41) is 0. The summed E-state index contributed by atoms with van der Waals surface area (Å²) < 4.78 is 0. The molecule has 0 aliphatic rings. The molecule has 54 valence electrons. The molecule has 2 N–H and O–H groups in total. The lowest BCUT2D eigenvalue weighted by Crippen LogP contribution is -2.22. The van der Waals surface area contributed by atoms with Crippen LogP contribution in [0.15, 0.2) is 12.2 Å². The Bertz CT molecular complexity index is 90.9. The minimum atomic E-state index is 0.303. The van der Waals surface area contributed by atoms with Crippen LogP contribution >= 0.6 is 11.8 Å². The molecule has 0 aromatic rings. The van der Waals surface area contributed by atoms with E-state index in [2.05, 4.69) is 12.8 Å². The van der Waals surface area contributed by atoms with Gasteiger partial charge in [0.25, 0.3) is 0 Å². The van der Waals surface area contributed by atoms with Gasteiger partial charge in [0.05, 0.1) is 0 Å². The van der Waals surface area contributed by atoms with Crippen molar-refractivity contribution in [2.75, 3.05) is 12.0 Å². The summed E-state index contributed by atoms with van der Waals surface area (Å²) in [6.07, 6.45) is 3.03. The first-order chi connectivity index (χ1) is 4.16. The van der Waals surface area contributed by atoms with Crippen LogP contribution in [0.2, 0.25) is 0 Å². The molecule has 0 amide bonds. The second kappa shape index (κ2) is 4.89. The lowest BCUT2D eigenvalue weighted by atomic mass is 10.1. The van der Waals surface area contributed by atoms with E-state index in [1.165, 1.54) is 5.57 Å². The summed E-state index contributed by atoms with van der Waals surface area (Å²) in [7, 11) is 0. The Morgan fingerprint density at radius 1 is 1.78 bits per heavy atom. The number of hydrogen-bond acceptors (Lipinski definition) is 2. The molecule has 1 unspecified atom stereocenters. The third-order valence-corrected chi connectivity index (χ3v) is 1.75. The minimum absolute atomic E-state index is 0.303. The molecule has 0 fully saturated rings. The van der Waals surface area contributed by atoms with Gasteiger partial charge in [-0.3, -0.25) is 0 Å². The molecule has 0 rings (SSSR count). The Balaban J connectivity index is 3.26. The average Bonchev–Trinajstić information content (AvgIpc) is 1.63. The van der Waals surface area contributed by atoms with Gasteiger partial charge < -0.3 is 5.73 Å². The highest BCUT2D eigenvalue weighted by molar-refractivity contribution is 7.98. The molecule has 0 aromatic heterocycles. The predicted octanol–water partition coefficient (Wildman–Crippen LogP) is 1.64. The van der Waals surface area contributed by atoms with Gasteiger partial charge in [-0.2, -0.15) is 11.8 Å². The maximum absolute atomic E-state index is 5.70. The second-order valence-electron chi connectivity index (χ2n) is 2.38. The van der Waals surface area contributed by atoms with E-state index in [0.717, 1.165) is 12.2 Å². The fourth-order valence-corrected chi connectivity index (χ4v) is 1.27. The Morgan fingerprint density at radius 3 is 2.67 bits per heavy atom. The van der Waals surface area contributed by atoms with Crippen molar-refractivity contribution in [2.45, 2.75) is 19.4 Å². The van der Waals surface area contributed by atoms with Gasteiger partial charge in [-0.25, -0.2) is 0 Å². The van der Waals surface area contributed by atoms with Crippen LogP contribution in [-0.2, 0) is 0 Å². The Hall–Kier alpha value is 0.0500. The van der Waals surface area contributed by atoms with Crippen LogP contribution in [0.5, 0.6) is 0 Å². The van der Waals surface area contributed by atoms with Crippen molar-refractivity contribution in [3.63, 3.8) is 0 Å². The van der Waals surface area contributed by atoms with E-state index in [4.69, 9.17) is 5.73 Å². The van der Waals surface area contributed by atoms with E-state index in [-0.39, 0.29) is 0 Å². The van der Waals surface area contributed by atoms with Crippen LogP contribution in [-0.4, -0.2) is 18.1 Å². The predicted molar refractivity (Wildman–Crippen MR) is 45.8 cm³/mol. The van der Waals surface area contributed by atoms with Gasteiger partial charge in [-0.1, -0.05) is 5.57 Å². The molecule has 0 saturated carbocycles. The molecule has 9 heavy (non-hydrogen) atoms. The number of nitrogens with two attached hydrogens (primary N) is 1. The summed E-state index contributed by atoms with van der Waals surface area (Å²) in [6.45, 7) is 5.80. The Kier molecular flexibility index (Phi) is 4.91. The van der Waals surface area contributed by atoms with Crippen LogP contribution in [0.4, 0.5) is 0 Å². The minimum Gasteiger partial charge on any atom is -0.327 e. The first kappa shape index (κ1) is 9.05. The van der Waals surface area contributed by atoms with Crippen molar-refractivity contribution in [3.8, 4) is 0 Å². The molecule has 2 heteroatoms. The standard InChI is InChI=1S/C7H15NS/c1-6(2)4-7(8)5-9-3/h7H,1,4-5,8H2,2-3H3. The molecule has 0 heterocycles. The fourth-order valence-electron chi connectivity index (χ4n) is 0.721. The van der Waals surface area contributed by atoms with Crippen LogP contribution in [0.1, 0.15) is 13.3 Å². The van der Waals surface area contributed by atoms with Crippen LogP contribution in [0, 0.1) is 0 Å². The van der Waals surface area contributed by atoms with Gasteiger partial charge in [-0.15, -0.1) is 6.58 Å². The highest BCUT2D eigenvalue weighted by Crippen LogP contribution is 2.03. The van der Waals surface area contributed by atoms with Crippen molar-refractivity contribution in [1.29, 1.82) is 0 Å². The SMILES string of the molecule is C=C(C)CC(N)CSC. The van der Waals surface area contributed by atoms with E-state index in [1.807, 2.05) is 6.92 Å². The Morgan fingerprint density at radius 2 is 2.33 bits per heavy atom. The van der Waals surface area contributed by atoms with Crippen LogP contribution in [0.3, 0.4) is 0 Å². The molecular weight excluding hydrogens is 130 g/mol. The van der Waals surface area contributed by atoms with Gasteiger partial charge in [0.2, 0.25) is 0 Å². The highest BCUT2D eigenvalue weighted by atomic mass is 32.2. The maximum atomic E-state index is 5.70. The number of hydrogen-bond donors (Lipinski definition) is 1. The molecule has 0 spiro atoms. The molecule has 1 nitrogen and oxygen atoms in total. The zero-order valence-corrected chi connectivity index (χ0v) is 7.00. The lowest BCUT2D eigenvalue weighted by Gasteiger charge is -2.07. The van der Waals surface area contributed by atoms with E-state index in [1.54, 1.807) is 11.8 Å². The maximum Gasteiger partial charge on any atom is 0.0167 e. The van der Waals surface area contributed by atoms with Gasteiger partial charge in [0.15, 0.2) is 0 Å². The van der Waals surface area contributed by atoms with Crippen molar-refractivity contribution in [3.05, 3.63) is 12.2 Å². The van der Waals surface area contributed by atoms with Crippen molar-refractivity contribution < 1.29 is 0 Å². The quantitative estimate of drug-likeness (QED) is 0.609. The molecule has 0 bridgehead atoms.